The Morgan fingerprint density at radius 2 is 1.94 bits per heavy atom. The van der Waals surface area contributed by atoms with Crippen LogP contribution in [0.4, 0.5) is 17.6 Å². The maximum atomic E-state index is 13.1. The van der Waals surface area contributed by atoms with E-state index in [4.69, 9.17) is 0 Å². The number of carbonyl (C=O) groups is 1. The topological polar surface area (TPSA) is 17.1 Å². The van der Waals surface area contributed by atoms with Crippen LogP contribution in [0.3, 0.4) is 0 Å². The molecule has 1 aromatic carbocycles. The minimum absolute atomic E-state index is 0.675. The minimum Gasteiger partial charge on any atom is -0.289 e. The molecule has 0 bridgehead atoms. The Bertz CT molecular complexity index is 432. The lowest BCUT2D eigenvalue weighted by Gasteiger charge is -2.11. The Balaban J connectivity index is 3.40. The van der Waals surface area contributed by atoms with Gasteiger partial charge in [0, 0.05) is 5.56 Å². The van der Waals surface area contributed by atoms with Crippen molar-refractivity contribution in [2.75, 3.05) is 0 Å². The molecule has 5 heteroatoms. The first kappa shape index (κ1) is 12.4. The number of carbonyl (C=O) groups excluding carboxylic acids is 1. The first-order chi connectivity index (χ1) is 7.38. The normalized spacial score (nSPS) is 12.1. The number of benzene rings is 1. The summed E-state index contributed by atoms with van der Waals surface area (Å²) in [6, 6.07) is 2.70. The Hall–Kier alpha value is -1.65. The van der Waals surface area contributed by atoms with Crippen LogP contribution in [0.15, 0.2) is 30.4 Å². The van der Waals surface area contributed by atoms with Gasteiger partial charge in [0.15, 0.2) is 5.78 Å². The zero-order chi connectivity index (χ0) is 12.3. The van der Waals surface area contributed by atoms with Crippen molar-refractivity contribution in [3.05, 3.63) is 47.3 Å². The molecule has 0 radical (unpaired) electrons. The van der Waals surface area contributed by atoms with Crippen molar-refractivity contribution in [2.24, 2.45) is 0 Å². The summed E-state index contributed by atoms with van der Waals surface area (Å²) < 4.78 is 50.5. The minimum atomic E-state index is -4.88. The molecule has 0 amide bonds. The van der Waals surface area contributed by atoms with Crippen LogP contribution in [0.2, 0.25) is 0 Å². The smallest absolute Gasteiger partial charge is 0.289 e. The van der Waals surface area contributed by atoms with Crippen LogP contribution in [0, 0.1) is 5.82 Å². The molecule has 16 heavy (non-hydrogen) atoms. The third-order valence-electron chi connectivity index (χ3n) is 1.88. The van der Waals surface area contributed by atoms with E-state index in [9.17, 15) is 22.4 Å². The van der Waals surface area contributed by atoms with Crippen LogP contribution in [-0.4, -0.2) is 5.78 Å². The molecule has 0 aliphatic rings. The lowest BCUT2D eigenvalue weighted by molar-refractivity contribution is -0.140. The zero-order valence-electron chi connectivity index (χ0n) is 8.31. The monoisotopic (exact) mass is 232 g/mol. The van der Waals surface area contributed by atoms with Gasteiger partial charge in [0.25, 0.3) is 0 Å². The van der Waals surface area contributed by atoms with Crippen LogP contribution in [0.5, 0.6) is 0 Å². The van der Waals surface area contributed by atoms with Crippen LogP contribution in [0.25, 0.3) is 0 Å². The Morgan fingerprint density at radius 1 is 1.31 bits per heavy atom. The van der Waals surface area contributed by atoms with Gasteiger partial charge < -0.3 is 0 Å². The summed E-state index contributed by atoms with van der Waals surface area (Å²) in [4.78, 5) is 11.3. The Kier molecular flexibility index (Phi) is 3.47. The first-order valence-electron chi connectivity index (χ1n) is 4.40. The van der Waals surface area contributed by atoms with E-state index in [1.54, 1.807) is 0 Å². The number of ketones is 1. The average Bonchev–Trinajstić information content (AvgIpc) is 2.15. The molecule has 86 valence electrons. The van der Waals surface area contributed by atoms with E-state index >= 15 is 0 Å². The van der Waals surface area contributed by atoms with Crippen molar-refractivity contribution in [1.82, 2.24) is 0 Å². The van der Waals surface area contributed by atoms with Gasteiger partial charge >= 0.3 is 6.18 Å². The second kappa shape index (κ2) is 4.47. The SMILES string of the molecule is C/C=C/C(=O)c1cccc(F)c1C(F)(F)F. The molecule has 1 nitrogen and oxygen atoms in total. The van der Waals surface area contributed by atoms with Gasteiger partial charge in [-0.3, -0.25) is 4.79 Å². The summed E-state index contributed by atoms with van der Waals surface area (Å²) >= 11 is 0. The van der Waals surface area contributed by atoms with E-state index in [2.05, 4.69) is 0 Å². The zero-order valence-corrected chi connectivity index (χ0v) is 8.31. The molecule has 0 saturated carbocycles. The number of allylic oxidation sites excluding steroid dienone is 2. The summed E-state index contributed by atoms with van der Waals surface area (Å²) in [6.07, 6.45) is -2.62. The molecule has 0 aromatic heterocycles. The molecule has 0 fully saturated rings. The maximum Gasteiger partial charge on any atom is 0.419 e. The molecule has 0 aliphatic heterocycles. The predicted molar refractivity (Wildman–Crippen MR) is 50.5 cm³/mol. The van der Waals surface area contributed by atoms with Crippen molar-refractivity contribution in [3.8, 4) is 0 Å². The van der Waals surface area contributed by atoms with Crippen molar-refractivity contribution in [3.63, 3.8) is 0 Å². The van der Waals surface area contributed by atoms with Gasteiger partial charge in [0.05, 0.1) is 0 Å². The van der Waals surface area contributed by atoms with Crippen molar-refractivity contribution < 1.29 is 22.4 Å². The lowest BCUT2D eigenvalue weighted by Crippen LogP contribution is -2.14. The van der Waals surface area contributed by atoms with Gasteiger partial charge in [-0.05, 0) is 19.1 Å². The van der Waals surface area contributed by atoms with E-state index in [1.807, 2.05) is 0 Å². The van der Waals surface area contributed by atoms with E-state index in [0.717, 1.165) is 18.2 Å². The van der Waals surface area contributed by atoms with Gasteiger partial charge in [-0.15, -0.1) is 0 Å². The molecule has 1 rings (SSSR count). The van der Waals surface area contributed by atoms with Crippen molar-refractivity contribution >= 4 is 5.78 Å². The molecule has 0 atom stereocenters. The molecule has 0 aliphatic carbocycles. The summed E-state index contributed by atoms with van der Waals surface area (Å²) in [5.41, 5.74) is -2.19. The molecule has 0 spiro atoms. The summed E-state index contributed by atoms with van der Waals surface area (Å²) in [6.45, 7) is 1.49. The summed E-state index contributed by atoms with van der Waals surface area (Å²) in [5.74, 6) is -2.31. The van der Waals surface area contributed by atoms with Crippen LogP contribution >= 0.6 is 0 Å². The van der Waals surface area contributed by atoms with E-state index < -0.39 is 28.9 Å². The number of hydrogen-bond donors (Lipinski definition) is 0. The highest BCUT2D eigenvalue weighted by Crippen LogP contribution is 2.34. The van der Waals surface area contributed by atoms with Crippen LogP contribution in [0.1, 0.15) is 22.8 Å². The second-order valence-electron chi connectivity index (χ2n) is 3.02. The standard InChI is InChI=1S/C11H8F4O/c1-2-4-9(16)7-5-3-6-8(12)10(7)11(13,14)15/h2-6H,1H3/b4-2+. The van der Waals surface area contributed by atoms with Crippen molar-refractivity contribution in [1.29, 1.82) is 0 Å². The van der Waals surface area contributed by atoms with E-state index in [1.165, 1.54) is 13.0 Å². The quantitative estimate of drug-likeness (QED) is 0.432. The predicted octanol–water partition coefficient (Wildman–Crippen LogP) is 3.60. The molecule has 0 heterocycles. The molecular formula is C11H8F4O. The largest absolute Gasteiger partial charge is 0.419 e. The molecular weight excluding hydrogens is 224 g/mol. The van der Waals surface area contributed by atoms with E-state index in [-0.39, 0.29) is 0 Å². The Labute approximate surface area is 89.4 Å². The first-order valence-corrected chi connectivity index (χ1v) is 4.40. The van der Waals surface area contributed by atoms with Crippen LogP contribution < -0.4 is 0 Å². The highest BCUT2D eigenvalue weighted by molar-refractivity contribution is 6.05. The third kappa shape index (κ3) is 2.48. The molecule has 0 saturated heterocycles. The third-order valence-corrected chi connectivity index (χ3v) is 1.88. The average molecular weight is 232 g/mol. The molecule has 0 unspecified atom stereocenters. The van der Waals surface area contributed by atoms with Gasteiger partial charge in [-0.1, -0.05) is 18.2 Å². The summed E-state index contributed by atoms with van der Waals surface area (Å²) in [5, 5.41) is 0. The van der Waals surface area contributed by atoms with Crippen molar-refractivity contribution in [2.45, 2.75) is 13.1 Å². The van der Waals surface area contributed by atoms with Gasteiger partial charge in [-0.2, -0.15) is 13.2 Å². The maximum absolute atomic E-state index is 13.1. The Morgan fingerprint density at radius 3 is 2.44 bits per heavy atom. The highest BCUT2D eigenvalue weighted by atomic mass is 19.4. The van der Waals surface area contributed by atoms with Gasteiger partial charge in [0.1, 0.15) is 11.4 Å². The fourth-order valence-electron chi connectivity index (χ4n) is 1.26. The van der Waals surface area contributed by atoms with Gasteiger partial charge in [0.2, 0.25) is 0 Å². The fourth-order valence-corrected chi connectivity index (χ4v) is 1.26. The lowest BCUT2D eigenvalue weighted by atomic mass is 10.0. The number of hydrogen-bond acceptors (Lipinski definition) is 1. The fraction of sp³-hybridized carbons (Fsp3) is 0.182. The second-order valence-corrected chi connectivity index (χ2v) is 3.02. The molecule has 1 aromatic rings. The molecule has 0 N–H and O–H groups in total. The number of alkyl halides is 3. The summed E-state index contributed by atoms with van der Waals surface area (Å²) in [7, 11) is 0. The van der Waals surface area contributed by atoms with Crippen LogP contribution in [-0.2, 0) is 6.18 Å². The number of rotatable bonds is 2. The number of halogens is 4. The highest BCUT2D eigenvalue weighted by Gasteiger charge is 2.37. The van der Waals surface area contributed by atoms with E-state index in [0.29, 0.717) is 6.07 Å². The van der Waals surface area contributed by atoms with Gasteiger partial charge in [-0.25, -0.2) is 4.39 Å².